The first-order valence-electron chi connectivity index (χ1n) is 6.58. The van der Waals surface area contributed by atoms with E-state index in [4.69, 9.17) is 0 Å². The Morgan fingerprint density at radius 3 is 2.50 bits per heavy atom. The van der Waals surface area contributed by atoms with E-state index in [1.165, 1.54) is 0 Å². The summed E-state index contributed by atoms with van der Waals surface area (Å²) in [4.78, 5) is 13.3. The van der Waals surface area contributed by atoms with Gasteiger partial charge in [-0.3, -0.25) is 4.79 Å². The molecule has 2 aliphatic heterocycles. The van der Waals surface area contributed by atoms with Gasteiger partial charge >= 0.3 is 0 Å². The Kier molecular flexibility index (Phi) is 3.44. The second kappa shape index (κ2) is 4.49. The maximum absolute atomic E-state index is 12.6. The number of amides is 1. The molecule has 2 fully saturated rings. The summed E-state index contributed by atoms with van der Waals surface area (Å²) in [6.07, 6.45) is 1.94. The molecule has 1 atom stereocenters. The molecule has 0 N–H and O–H groups in total. The molecule has 0 radical (unpaired) electrons. The second-order valence-corrected chi connectivity index (χ2v) is 7.93. The van der Waals surface area contributed by atoms with Crippen LogP contribution in [-0.2, 0) is 14.8 Å². The molecule has 18 heavy (non-hydrogen) atoms. The van der Waals surface area contributed by atoms with Crippen molar-refractivity contribution >= 4 is 15.9 Å². The van der Waals surface area contributed by atoms with E-state index in [0.29, 0.717) is 19.6 Å². The van der Waals surface area contributed by atoms with Crippen LogP contribution < -0.4 is 0 Å². The van der Waals surface area contributed by atoms with Gasteiger partial charge in [0.25, 0.3) is 0 Å². The van der Waals surface area contributed by atoms with Gasteiger partial charge in [0, 0.05) is 31.6 Å². The molecule has 0 aromatic rings. The lowest BCUT2D eigenvalue weighted by Crippen LogP contribution is -2.47. The molecule has 2 heterocycles. The molecule has 1 unspecified atom stereocenters. The van der Waals surface area contributed by atoms with E-state index in [2.05, 4.69) is 0 Å². The molecule has 6 heteroatoms. The van der Waals surface area contributed by atoms with Gasteiger partial charge in [-0.2, -0.15) is 4.31 Å². The Morgan fingerprint density at radius 1 is 1.39 bits per heavy atom. The van der Waals surface area contributed by atoms with Crippen LogP contribution in [0.2, 0.25) is 0 Å². The van der Waals surface area contributed by atoms with Gasteiger partial charge in [0.1, 0.15) is 5.25 Å². The molecule has 2 rings (SSSR count). The molecule has 0 aromatic carbocycles. The highest BCUT2D eigenvalue weighted by Gasteiger charge is 2.47. The van der Waals surface area contributed by atoms with E-state index in [0.717, 1.165) is 12.8 Å². The average Bonchev–Trinajstić information content (AvgIpc) is 2.81. The molecule has 1 amide bonds. The van der Waals surface area contributed by atoms with E-state index < -0.39 is 15.3 Å². The average molecular weight is 274 g/mol. The number of rotatable bonds is 3. The summed E-state index contributed by atoms with van der Waals surface area (Å²) in [5.74, 6) is -0.0388. The van der Waals surface area contributed by atoms with Gasteiger partial charge in [0.05, 0.1) is 0 Å². The van der Waals surface area contributed by atoms with Gasteiger partial charge in [-0.15, -0.1) is 0 Å². The predicted octanol–water partition coefficient (Wildman–Crippen LogP) is 0.811. The van der Waals surface area contributed by atoms with Gasteiger partial charge in [0.2, 0.25) is 15.9 Å². The summed E-state index contributed by atoms with van der Waals surface area (Å²) < 4.78 is 26.8. The minimum absolute atomic E-state index is 0.0388. The van der Waals surface area contributed by atoms with Gasteiger partial charge in [-0.25, -0.2) is 8.42 Å². The zero-order valence-electron chi connectivity index (χ0n) is 11.3. The van der Waals surface area contributed by atoms with Crippen molar-refractivity contribution in [1.82, 2.24) is 9.21 Å². The zero-order valence-corrected chi connectivity index (χ0v) is 12.2. The molecule has 5 nitrogen and oxygen atoms in total. The topological polar surface area (TPSA) is 57.7 Å². The fourth-order valence-corrected chi connectivity index (χ4v) is 5.22. The lowest BCUT2D eigenvalue weighted by Gasteiger charge is -2.32. The van der Waals surface area contributed by atoms with Gasteiger partial charge in [0.15, 0.2) is 0 Å². The van der Waals surface area contributed by atoms with Crippen molar-refractivity contribution in [3.63, 3.8) is 0 Å². The van der Waals surface area contributed by atoms with Crippen molar-refractivity contribution in [3.8, 4) is 0 Å². The van der Waals surface area contributed by atoms with Crippen LogP contribution in [0.3, 0.4) is 0 Å². The molecule has 0 bridgehead atoms. The van der Waals surface area contributed by atoms with E-state index in [1.807, 2.05) is 20.8 Å². The van der Waals surface area contributed by atoms with Gasteiger partial charge in [-0.05, 0) is 33.6 Å². The van der Waals surface area contributed by atoms with Crippen LogP contribution in [-0.4, -0.2) is 54.0 Å². The minimum atomic E-state index is -3.35. The Hall–Kier alpha value is -0.620. The minimum Gasteiger partial charge on any atom is -0.342 e. The summed E-state index contributed by atoms with van der Waals surface area (Å²) in [5.41, 5.74) is -0.304. The molecule has 104 valence electrons. The monoisotopic (exact) mass is 274 g/mol. The standard InChI is InChI=1S/C12H22N2O3S/c1-4-13-9-10(8-11(13)15)18(16,17)14-7-5-6-12(14,2)3/h10H,4-9H2,1-3H3. The van der Waals surface area contributed by atoms with Crippen molar-refractivity contribution in [2.75, 3.05) is 19.6 Å². The summed E-state index contributed by atoms with van der Waals surface area (Å²) in [6.45, 7) is 7.34. The first-order chi connectivity index (χ1) is 8.29. The SMILES string of the molecule is CCN1CC(S(=O)(=O)N2CCCC2(C)C)CC1=O. The third-order valence-corrected chi connectivity index (χ3v) is 6.56. The van der Waals surface area contributed by atoms with Gasteiger partial charge in [-0.1, -0.05) is 0 Å². The van der Waals surface area contributed by atoms with Crippen molar-refractivity contribution in [2.24, 2.45) is 0 Å². The number of likely N-dealkylation sites (tertiary alicyclic amines) is 1. The molecule has 0 aromatic heterocycles. The summed E-state index contributed by atoms with van der Waals surface area (Å²) in [6, 6.07) is 0. The van der Waals surface area contributed by atoms with Crippen molar-refractivity contribution < 1.29 is 13.2 Å². The van der Waals surface area contributed by atoms with Crippen molar-refractivity contribution in [1.29, 1.82) is 0 Å². The first kappa shape index (κ1) is 13.8. The Labute approximate surface area is 109 Å². The fourth-order valence-electron chi connectivity index (χ4n) is 2.98. The predicted molar refractivity (Wildman–Crippen MR) is 69.6 cm³/mol. The smallest absolute Gasteiger partial charge is 0.224 e. The first-order valence-corrected chi connectivity index (χ1v) is 8.09. The number of carbonyl (C=O) groups is 1. The number of nitrogens with zero attached hydrogens (tertiary/aromatic N) is 2. The van der Waals surface area contributed by atoms with Gasteiger partial charge < -0.3 is 4.90 Å². The normalized spacial score (nSPS) is 29.2. The molecular weight excluding hydrogens is 252 g/mol. The van der Waals surface area contributed by atoms with Crippen LogP contribution in [0.15, 0.2) is 0 Å². The van der Waals surface area contributed by atoms with Crippen molar-refractivity contribution in [2.45, 2.75) is 50.8 Å². The zero-order chi connectivity index (χ0) is 13.6. The Balaban J connectivity index is 2.20. The van der Waals surface area contributed by atoms with E-state index >= 15 is 0 Å². The van der Waals surface area contributed by atoms with E-state index in [9.17, 15) is 13.2 Å². The van der Waals surface area contributed by atoms with Crippen LogP contribution in [0, 0.1) is 0 Å². The Morgan fingerprint density at radius 2 is 2.06 bits per heavy atom. The van der Waals surface area contributed by atoms with E-state index in [-0.39, 0.29) is 17.9 Å². The molecule has 2 saturated heterocycles. The maximum Gasteiger partial charge on any atom is 0.224 e. The second-order valence-electron chi connectivity index (χ2n) is 5.79. The van der Waals surface area contributed by atoms with Crippen LogP contribution in [0.5, 0.6) is 0 Å². The largest absolute Gasteiger partial charge is 0.342 e. The number of carbonyl (C=O) groups excluding carboxylic acids is 1. The number of hydrogen-bond acceptors (Lipinski definition) is 3. The number of sulfonamides is 1. The Bertz CT molecular complexity index is 444. The molecular formula is C12H22N2O3S. The fraction of sp³-hybridized carbons (Fsp3) is 0.917. The van der Waals surface area contributed by atoms with Crippen molar-refractivity contribution in [3.05, 3.63) is 0 Å². The highest BCUT2D eigenvalue weighted by Crippen LogP contribution is 2.34. The summed E-state index contributed by atoms with van der Waals surface area (Å²) >= 11 is 0. The summed E-state index contributed by atoms with van der Waals surface area (Å²) in [7, 11) is -3.35. The van der Waals surface area contributed by atoms with E-state index in [1.54, 1.807) is 9.21 Å². The van der Waals surface area contributed by atoms with Crippen LogP contribution >= 0.6 is 0 Å². The quantitative estimate of drug-likeness (QED) is 0.765. The lowest BCUT2D eigenvalue weighted by molar-refractivity contribution is -0.127. The maximum atomic E-state index is 12.6. The molecule has 0 saturated carbocycles. The number of hydrogen-bond donors (Lipinski definition) is 0. The lowest BCUT2D eigenvalue weighted by atomic mass is 10.0. The highest BCUT2D eigenvalue weighted by molar-refractivity contribution is 7.89. The van der Waals surface area contributed by atoms with Crippen LogP contribution in [0.1, 0.15) is 40.0 Å². The van der Waals surface area contributed by atoms with Crippen LogP contribution in [0.4, 0.5) is 0 Å². The molecule has 0 spiro atoms. The summed E-state index contributed by atoms with van der Waals surface area (Å²) in [5, 5.41) is -0.553. The highest BCUT2D eigenvalue weighted by atomic mass is 32.2. The van der Waals surface area contributed by atoms with Crippen LogP contribution in [0.25, 0.3) is 0 Å². The third-order valence-electron chi connectivity index (χ3n) is 4.11. The molecule has 2 aliphatic rings. The molecule has 0 aliphatic carbocycles. The third kappa shape index (κ3) is 2.16.